The first kappa shape index (κ1) is 20.0. The van der Waals surface area contributed by atoms with E-state index >= 15 is 0 Å². The molecule has 0 radical (unpaired) electrons. The van der Waals surface area contributed by atoms with Gasteiger partial charge < -0.3 is 9.64 Å². The first-order valence-corrected chi connectivity index (χ1v) is 8.94. The molecule has 2 N–H and O–H groups in total. The Labute approximate surface area is 166 Å². The van der Waals surface area contributed by atoms with Crippen molar-refractivity contribution in [3.8, 4) is 0 Å². The van der Waals surface area contributed by atoms with Crippen molar-refractivity contribution in [3.63, 3.8) is 0 Å². The third kappa shape index (κ3) is 4.57. The zero-order valence-corrected chi connectivity index (χ0v) is 15.7. The molecule has 2 heterocycles. The van der Waals surface area contributed by atoms with Crippen molar-refractivity contribution in [3.05, 3.63) is 52.3 Å². The van der Waals surface area contributed by atoms with E-state index in [-0.39, 0.29) is 29.2 Å². The molecule has 11 nitrogen and oxygen atoms in total. The molecule has 2 aromatic rings. The van der Waals surface area contributed by atoms with E-state index < -0.39 is 10.8 Å². The van der Waals surface area contributed by atoms with Crippen LogP contribution in [0.5, 0.6) is 0 Å². The lowest BCUT2D eigenvalue weighted by Gasteiger charge is -2.31. The summed E-state index contributed by atoms with van der Waals surface area (Å²) in [5.41, 5.74) is 4.96. The van der Waals surface area contributed by atoms with E-state index in [1.165, 1.54) is 13.4 Å². The monoisotopic (exact) mass is 400 g/mol. The van der Waals surface area contributed by atoms with E-state index in [1.54, 1.807) is 35.2 Å². The van der Waals surface area contributed by atoms with E-state index in [2.05, 4.69) is 20.8 Å². The molecular weight excluding hydrogens is 380 g/mol. The number of carbonyl (C=O) groups excluding carboxylic acids is 2. The molecule has 0 atom stereocenters. The predicted octanol–water partition coefficient (Wildman–Crippen LogP) is 1.53. The number of esters is 1. The molecular formula is C18H20N6O5. The number of hydrogen-bond acceptors (Lipinski definition) is 9. The third-order valence-electron chi connectivity index (χ3n) is 4.64. The Morgan fingerprint density at radius 3 is 2.52 bits per heavy atom. The van der Waals surface area contributed by atoms with Gasteiger partial charge in [-0.2, -0.15) is 0 Å². The predicted molar refractivity (Wildman–Crippen MR) is 103 cm³/mol. The molecule has 0 aliphatic carbocycles. The van der Waals surface area contributed by atoms with Crippen molar-refractivity contribution in [1.29, 1.82) is 0 Å². The Morgan fingerprint density at radius 2 is 1.90 bits per heavy atom. The van der Waals surface area contributed by atoms with Gasteiger partial charge in [-0.25, -0.2) is 9.97 Å². The summed E-state index contributed by atoms with van der Waals surface area (Å²) < 4.78 is 4.76. The molecule has 1 aromatic carbocycles. The van der Waals surface area contributed by atoms with Crippen LogP contribution in [0.3, 0.4) is 0 Å². The highest BCUT2D eigenvalue weighted by molar-refractivity contribution is 5.95. The number of methoxy groups -OCH3 is 1. The summed E-state index contributed by atoms with van der Waals surface area (Å²) in [5.74, 6) is -0.976. The van der Waals surface area contributed by atoms with Crippen LogP contribution in [-0.4, -0.2) is 47.0 Å². The highest BCUT2D eigenvalue weighted by atomic mass is 16.6. The van der Waals surface area contributed by atoms with Crippen molar-refractivity contribution < 1.29 is 19.2 Å². The Bertz CT molecular complexity index is 899. The minimum absolute atomic E-state index is 0.126. The summed E-state index contributed by atoms with van der Waals surface area (Å²) in [5, 5.41) is 11.7. The van der Waals surface area contributed by atoms with E-state index in [1.807, 2.05) is 0 Å². The Morgan fingerprint density at radius 1 is 1.21 bits per heavy atom. The van der Waals surface area contributed by atoms with Gasteiger partial charge >= 0.3 is 11.7 Å². The minimum Gasteiger partial charge on any atom is -0.469 e. The average Bonchev–Trinajstić information content (AvgIpc) is 2.77. The topological polar surface area (TPSA) is 140 Å². The van der Waals surface area contributed by atoms with Crippen molar-refractivity contribution in [2.24, 2.45) is 5.92 Å². The standard InChI is InChI=1S/C18H20N6O5/c1-29-18(26)13-7-9-23(10-8-13)16-14(24(27)28)15(19-11-20-16)21-22-17(25)12-5-3-2-4-6-12/h2-6,11,13H,7-10H2,1H3,(H,22,25)(H,19,20,21). The van der Waals surface area contributed by atoms with Crippen LogP contribution in [0, 0.1) is 16.0 Å². The molecule has 1 aliphatic heterocycles. The number of ether oxygens (including phenoxy) is 1. The second kappa shape index (κ2) is 8.95. The second-order valence-corrected chi connectivity index (χ2v) is 6.38. The first-order valence-electron chi connectivity index (χ1n) is 8.94. The SMILES string of the molecule is COC(=O)C1CCN(c2ncnc(NNC(=O)c3ccccc3)c2[N+](=O)[O-])CC1. The van der Waals surface area contributed by atoms with Crippen LogP contribution in [0.2, 0.25) is 0 Å². The summed E-state index contributed by atoms with van der Waals surface area (Å²) >= 11 is 0. The summed E-state index contributed by atoms with van der Waals surface area (Å²) in [6.45, 7) is 0.820. The molecule has 11 heteroatoms. The van der Waals surface area contributed by atoms with Crippen LogP contribution >= 0.6 is 0 Å². The normalized spacial score (nSPS) is 14.2. The molecule has 0 bridgehead atoms. The number of benzene rings is 1. The molecule has 29 heavy (non-hydrogen) atoms. The van der Waals surface area contributed by atoms with Crippen molar-refractivity contribution in [1.82, 2.24) is 15.4 Å². The number of nitrogens with zero attached hydrogens (tertiary/aromatic N) is 4. The van der Waals surface area contributed by atoms with Gasteiger partial charge in [0.15, 0.2) is 0 Å². The Balaban J connectivity index is 1.75. The number of nitro groups is 1. The molecule has 3 rings (SSSR count). The lowest BCUT2D eigenvalue weighted by molar-refractivity contribution is -0.383. The summed E-state index contributed by atoms with van der Waals surface area (Å²) in [6, 6.07) is 8.41. The van der Waals surface area contributed by atoms with Gasteiger partial charge in [0.05, 0.1) is 18.0 Å². The van der Waals surface area contributed by atoms with Gasteiger partial charge in [-0.05, 0) is 25.0 Å². The molecule has 0 unspecified atom stereocenters. The molecule has 1 saturated heterocycles. The maximum Gasteiger partial charge on any atom is 0.355 e. The summed E-state index contributed by atoms with van der Waals surface area (Å²) in [6.07, 6.45) is 2.19. The van der Waals surface area contributed by atoms with Crippen LogP contribution in [0.25, 0.3) is 0 Å². The number of amides is 1. The van der Waals surface area contributed by atoms with E-state index in [4.69, 9.17) is 4.74 Å². The maximum absolute atomic E-state index is 12.2. The molecule has 1 fully saturated rings. The van der Waals surface area contributed by atoms with Gasteiger partial charge in [-0.1, -0.05) is 18.2 Å². The van der Waals surface area contributed by atoms with Crippen molar-refractivity contribution >= 4 is 29.2 Å². The van der Waals surface area contributed by atoms with E-state index in [9.17, 15) is 19.7 Å². The first-order chi connectivity index (χ1) is 14.0. The largest absolute Gasteiger partial charge is 0.469 e. The molecule has 152 valence electrons. The number of rotatable bonds is 6. The number of hydrogen-bond donors (Lipinski definition) is 2. The number of nitrogens with one attached hydrogen (secondary N) is 2. The van der Waals surface area contributed by atoms with Gasteiger partial charge in [0.1, 0.15) is 6.33 Å². The summed E-state index contributed by atoms with van der Waals surface area (Å²) in [7, 11) is 1.34. The molecule has 1 aliphatic rings. The van der Waals surface area contributed by atoms with Crippen LogP contribution in [0.4, 0.5) is 17.3 Å². The highest BCUT2D eigenvalue weighted by Crippen LogP contribution is 2.33. The van der Waals surface area contributed by atoms with Gasteiger partial charge in [0.2, 0.25) is 11.6 Å². The third-order valence-corrected chi connectivity index (χ3v) is 4.64. The zero-order valence-electron chi connectivity index (χ0n) is 15.7. The van der Waals surface area contributed by atoms with Crippen molar-refractivity contribution in [2.45, 2.75) is 12.8 Å². The van der Waals surface area contributed by atoms with E-state index in [0.29, 0.717) is 31.5 Å². The lowest BCUT2D eigenvalue weighted by Crippen LogP contribution is -2.38. The number of anilines is 2. The summed E-state index contributed by atoms with van der Waals surface area (Å²) in [4.78, 5) is 44.6. The van der Waals surface area contributed by atoms with Gasteiger partial charge in [-0.3, -0.25) is 30.6 Å². The second-order valence-electron chi connectivity index (χ2n) is 6.38. The van der Waals surface area contributed by atoms with E-state index in [0.717, 1.165) is 0 Å². The van der Waals surface area contributed by atoms with Gasteiger partial charge in [0.25, 0.3) is 5.91 Å². The van der Waals surface area contributed by atoms with Crippen LogP contribution in [0.15, 0.2) is 36.7 Å². The van der Waals surface area contributed by atoms with Crippen LogP contribution in [-0.2, 0) is 9.53 Å². The number of aromatic nitrogens is 2. The minimum atomic E-state index is -0.598. The van der Waals surface area contributed by atoms with Crippen LogP contribution in [0.1, 0.15) is 23.2 Å². The van der Waals surface area contributed by atoms with Crippen molar-refractivity contribution in [2.75, 3.05) is 30.5 Å². The molecule has 1 amide bonds. The van der Waals surface area contributed by atoms with Gasteiger partial charge in [0, 0.05) is 18.7 Å². The number of piperidine rings is 1. The lowest BCUT2D eigenvalue weighted by atomic mass is 9.97. The maximum atomic E-state index is 12.2. The van der Waals surface area contributed by atoms with Crippen LogP contribution < -0.4 is 15.8 Å². The fourth-order valence-corrected chi connectivity index (χ4v) is 3.13. The molecule has 0 spiro atoms. The number of carbonyl (C=O) groups is 2. The smallest absolute Gasteiger partial charge is 0.355 e. The zero-order chi connectivity index (χ0) is 20.8. The highest BCUT2D eigenvalue weighted by Gasteiger charge is 2.32. The number of hydrazine groups is 1. The Hall–Kier alpha value is -3.76. The molecule has 1 aromatic heterocycles. The fraction of sp³-hybridized carbons (Fsp3) is 0.333. The quantitative estimate of drug-likeness (QED) is 0.420. The Kier molecular flexibility index (Phi) is 6.17. The molecule has 0 saturated carbocycles. The van der Waals surface area contributed by atoms with Gasteiger partial charge in [-0.15, -0.1) is 0 Å². The fourth-order valence-electron chi connectivity index (χ4n) is 3.13. The average molecular weight is 400 g/mol.